The molecule has 0 aliphatic carbocycles. The molecular weight excluding hydrogens is 356 g/mol. The molecule has 2 aromatic rings. The second-order valence-corrected chi connectivity index (χ2v) is 6.82. The van der Waals surface area contributed by atoms with Crippen molar-refractivity contribution >= 4 is 28.9 Å². The Morgan fingerprint density at radius 2 is 1.96 bits per heavy atom. The summed E-state index contributed by atoms with van der Waals surface area (Å²) in [6, 6.07) is 8.60. The van der Waals surface area contributed by atoms with Crippen molar-refractivity contribution in [3.8, 4) is 5.75 Å². The van der Waals surface area contributed by atoms with Crippen LogP contribution in [0, 0.1) is 24.0 Å². The van der Waals surface area contributed by atoms with Gasteiger partial charge in [-0.2, -0.15) is 0 Å². The monoisotopic (exact) mass is 376 g/mol. The number of aryl methyl sites for hydroxylation is 2. The summed E-state index contributed by atoms with van der Waals surface area (Å²) in [7, 11) is 0. The van der Waals surface area contributed by atoms with Gasteiger partial charge >= 0.3 is 0 Å². The van der Waals surface area contributed by atoms with Crippen LogP contribution in [0.5, 0.6) is 5.75 Å². The van der Waals surface area contributed by atoms with Crippen LogP contribution in [0.1, 0.15) is 36.5 Å². The van der Waals surface area contributed by atoms with Gasteiger partial charge in [-0.25, -0.2) is 0 Å². The highest BCUT2D eigenvalue weighted by atomic mass is 35.5. The fourth-order valence-electron chi connectivity index (χ4n) is 2.51. The number of rotatable bonds is 6. The quantitative estimate of drug-likeness (QED) is 0.567. The molecule has 7 heteroatoms. The predicted molar refractivity (Wildman–Crippen MR) is 102 cm³/mol. The fraction of sp³-hybridized carbons (Fsp3) is 0.316. The zero-order valence-corrected chi connectivity index (χ0v) is 15.9. The third-order valence-corrected chi connectivity index (χ3v) is 4.22. The lowest BCUT2D eigenvalue weighted by Crippen LogP contribution is -2.21. The highest BCUT2D eigenvalue weighted by Crippen LogP contribution is 2.31. The molecule has 0 unspecified atom stereocenters. The Kier molecular flexibility index (Phi) is 6.21. The van der Waals surface area contributed by atoms with E-state index in [0.717, 1.165) is 11.1 Å². The van der Waals surface area contributed by atoms with Gasteiger partial charge in [0.05, 0.1) is 4.92 Å². The first-order chi connectivity index (χ1) is 12.2. The fourth-order valence-corrected chi connectivity index (χ4v) is 2.75. The first kappa shape index (κ1) is 19.7. The van der Waals surface area contributed by atoms with Crippen molar-refractivity contribution < 1.29 is 14.5 Å². The number of nitrogens with zero attached hydrogens (tertiary/aromatic N) is 1. The summed E-state index contributed by atoms with van der Waals surface area (Å²) in [5.41, 5.74) is 2.84. The van der Waals surface area contributed by atoms with Crippen molar-refractivity contribution in [2.75, 3.05) is 11.9 Å². The lowest BCUT2D eigenvalue weighted by Gasteiger charge is -2.15. The zero-order valence-electron chi connectivity index (χ0n) is 15.1. The number of anilines is 1. The maximum atomic E-state index is 12.2. The number of ether oxygens (including phenoxy) is 1. The molecule has 0 saturated carbocycles. The SMILES string of the molecule is Cc1ccc(C(C)C)c(OCC(=O)Nc2cc(Cl)c([N+](=O)[O-])cc2C)c1. The third kappa shape index (κ3) is 4.73. The van der Waals surface area contributed by atoms with Crippen molar-refractivity contribution in [1.29, 1.82) is 0 Å². The van der Waals surface area contributed by atoms with Crippen LogP contribution in [0.3, 0.4) is 0 Å². The van der Waals surface area contributed by atoms with E-state index in [9.17, 15) is 14.9 Å². The van der Waals surface area contributed by atoms with E-state index >= 15 is 0 Å². The van der Waals surface area contributed by atoms with Crippen LogP contribution in [-0.2, 0) is 4.79 Å². The summed E-state index contributed by atoms with van der Waals surface area (Å²) in [6.45, 7) is 7.56. The maximum Gasteiger partial charge on any atom is 0.288 e. The van der Waals surface area contributed by atoms with Crippen molar-refractivity contribution in [2.45, 2.75) is 33.6 Å². The molecule has 2 aromatic carbocycles. The Bertz CT molecular complexity index is 850. The number of nitro groups is 1. The summed E-state index contributed by atoms with van der Waals surface area (Å²) in [5, 5.41) is 13.5. The second-order valence-electron chi connectivity index (χ2n) is 6.41. The number of amides is 1. The van der Waals surface area contributed by atoms with Gasteiger partial charge in [0.25, 0.3) is 11.6 Å². The summed E-state index contributed by atoms with van der Waals surface area (Å²) in [4.78, 5) is 22.6. The van der Waals surface area contributed by atoms with Gasteiger partial charge in [-0.1, -0.05) is 37.6 Å². The van der Waals surface area contributed by atoms with E-state index < -0.39 is 4.92 Å². The lowest BCUT2D eigenvalue weighted by atomic mass is 10.0. The van der Waals surface area contributed by atoms with E-state index in [-0.39, 0.29) is 29.1 Å². The molecule has 0 heterocycles. The van der Waals surface area contributed by atoms with Crippen molar-refractivity contribution in [2.24, 2.45) is 0 Å². The second kappa shape index (κ2) is 8.19. The summed E-state index contributed by atoms with van der Waals surface area (Å²) in [6.07, 6.45) is 0. The third-order valence-electron chi connectivity index (χ3n) is 3.91. The average Bonchev–Trinajstić information content (AvgIpc) is 2.55. The van der Waals surface area contributed by atoms with E-state index in [1.54, 1.807) is 6.92 Å². The van der Waals surface area contributed by atoms with Crippen LogP contribution in [0.2, 0.25) is 5.02 Å². The van der Waals surface area contributed by atoms with Crippen LogP contribution >= 0.6 is 11.6 Å². The van der Waals surface area contributed by atoms with E-state index in [2.05, 4.69) is 19.2 Å². The maximum absolute atomic E-state index is 12.2. The van der Waals surface area contributed by atoms with Gasteiger partial charge in [-0.05, 0) is 48.6 Å². The molecule has 0 fully saturated rings. The van der Waals surface area contributed by atoms with Crippen molar-refractivity contribution in [1.82, 2.24) is 0 Å². The minimum atomic E-state index is -0.560. The molecule has 138 valence electrons. The van der Waals surface area contributed by atoms with Gasteiger partial charge in [0.1, 0.15) is 10.8 Å². The van der Waals surface area contributed by atoms with Crippen LogP contribution in [0.15, 0.2) is 30.3 Å². The molecule has 6 nitrogen and oxygen atoms in total. The molecule has 26 heavy (non-hydrogen) atoms. The van der Waals surface area contributed by atoms with Crippen molar-refractivity contribution in [3.05, 3.63) is 62.2 Å². The first-order valence-electron chi connectivity index (χ1n) is 8.16. The minimum absolute atomic E-state index is 0.0300. The van der Waals surface area contributed by atoms with Gasteiger partial charge in [0, 0.05) is 11.8 Å². The Morgan fingerprint density at radius 1 is 1.27 bits per heavy atom. The Morgan fingerprint density at radius 3 is 2.58 bits per heavy atom. The van der Waals surface area contributed by atoms with E-state index in [4.69, 9.17) is 16.3 Å². The number of benzene rings is 2. The Labute approximate surface area is 157 Å². The molecule has 2 rings (SSSR count). The Balaban J connectivity index is 2.10. The van der Waals surface area contributed by atoms with Crippen LogP contribution in [-0.4, -0.2) is 17.4 Å². The molecular formula is C19H21ClN2O4. The number of carbonyl (C=O) groups is 1. The van der Waals surface area contributed by atoms with Gasteiger partial charge < -0.3 is 10.1 Å². The molecule has 0 spiro atoms. The van der Waals surface area contributed by atoms with Crippen LogP contribution in [0.4, 0.5) is 11.4 Å². The number of hydrogen-bond donors (Lipinski definition) is 1. The number of nitro benzene ring substituents is 1. The molecule has 0 atom stereocenters. The number of halogens is 1. The van der Waals surface area contributed by atoms with E-state index in [1.165, 1.54) is 12.1 Å². The van der Waals surface area contributed by atoms with E-state index in [0.29, 0.717) is 17.0 Å². The molecule has 0 aliphatic rings. The molecule has 1 amide bonds. The first-order valence-corrected chi connectivity index (χ1v) is 8.54. The van der Waals surface area contributed by atoms with Crippen LogP contribution in [0.25, 0.3) is 0 Å². The predicted octanol–water partition coefficient (Wildman–Crippen LogP) is 5.01. The summed E-state index contributed by atoms with van der Waals surface area (Å²) in [5.74, 6) is 0.576. The number of hydrogen-bond acceptors (Lipinski definition) is 4. The molecule has 0 aromatic heterocycles. The number of nitrogens with one attached hydrogen (secondary N) is 1. The topological polar surface area (TPSA) is 81.5 Å². The van der Waals surface area contributed by atoms with E-state index in [1.807, 2.05) is 25.1 Å². The van der Waals surface area contributed by atoms with Crippen molar-refractivity contribution in [3.63, 3.8) is 0 Å². The molecule has 0 saturated heterocycles. The molecule has 0 bridgehead atoms. The van der Waals surface area contributed by atoms with Gasteiger partial charge in [-0.3, -0.25) is 14.9 Å². The summed E-state index contributed by atoms with van der Waals surface area (Å²) < 4.78 is 5.69. The number of carbonyl (C=O) groups excluding carboxylic acids is 1. The average molecular weight is 377 g/mol. The van der Waals surface area contributed by atoms with Gasteiger partial charge in [0.15, 0.2) is 6.61 Å². The highest BCUT2D eigenvalue weighted by Gasteiger charge is 2.17. The van der Waals surface area contributed by atoms with Crippen LogP contribution < -0.4 is 10.1 Å². The minimum Gasteiger partial charge on any atom is -0.483 e. The molecule has 0 aliphatic heterocycles. The smallest absolute Gasteiger partial charge is 0.288 e. The summed E-state index contributed by atoms with van der Waals surface area (Å²) >= 11 is 5.90. The Hall–Kier alpha value is -2.60. The van der Waals surface area contributed by atoms with Gasteiger partial charge in [0.2, 0.25) is 0 Å². The molecule has 0 radical (unpaired) electrons. The normalized spacial score (nSPS) is 10.7. The standard InChI is InChI=1S/C19H21ClN2O4/c1-11(2)14-6-5-12(3)7-18(14)26-10-19(23)21-16-9-15(20)17(22(24)25)8-13(16)4/h5-9,11H,10H2,1-4H3,(H,21,23). The zero-order chi connectivity index (χ0) is 19.4. The lowest BCUT2D eigenvalue weighted by molar-refractivity contribution is -0.384. The largest absolute Gasteiger partial charge is 0.483 e. The highest BCUT2D eigenvalue weighted by molar-refractivity contribution is 6.33. The molecule has 1 N–H and O–H groups in total. The van der Waals surface area contributed by atoms with Gasteiger partial charge in [-0.15, -0.1) is 0 Å².